The largest absolute Gasteiger partial charge is 0.480 e. The van der Waals surface area contributed by atoms with Crippen LogP contribution < -0.4 is 9.47 Å². The lowest BCUT2D eigenvalue weighted by Gasteiger charge is -2.24. The van der Waals surface area contributed by atoms with Crippen molar-refractivity contribution in [2.75, 3.05) is 14.2 Å². The Bertz CT molecular complexity index is 558. The average molecular weight is 261 g/mol. The van der Waals surface area contributed by atoms with Gasteiger partial charge in [-0.2, -0.15) is 4.98 Å². The minimum absolute atomic E-state index is 0.216. The molecule has 2 aromatic heterocycles. The Balaban J connectivity index is 2.51. The highest BCUT2D eigenvalue weighted by molar-refractivity contribution is 5.36. The van der Waals surface area contributed by atoms with E-state index in [1.54, 1.807) is 31.5 Å². The van der Waals surface area contributed by atoms with E-state index in [0.717, 1.165) is 0 Å². The lowest BCUT2D eigenvalue weighted by atomic mass is 9.94. The summed E-state index contributed by atoms with van der Waals surface area (Å²) in [6.07, 6.45) is 4.64. The molecule has 0 radical (unpaired) electrons. The van der Waals surface area contributed by atoms with Crippen molar-refractivity contribution in [3.05, 3.63) is 42.0 Å². The Morgan fingerprint density at radius 1 is 1.21 bits per heavy atom. The van der Waals surface area contributed by atoms with Crippen molar-refractivity contribution >= 4 is 0 Å². The predicted molar refractivity (Wildman–Crippen MR) is 68.0 cm³/mol. The quantitative estimate of drug-likeness (QED) is 0.889. The van der Waals surface area contributed by atoms with Crippen molar-refractivity contribution in [3.8, 4) is 11.8 Å². The third-order valence-electron chi connectivity index (χ3n) is 2.81. The van der Waals surface area contributed by atoms with Gasteiger partial charge in [0, 0.05) is 18.0 Å². The van der Waals surface area contributed by atoms with Crippen molar-refractivity contribution in [1.29, 1.82) is 0 Å². The standard InChI is InChI=1S/C13H15N3O3/c1-13(17,9-5-4-6-14-7-9)11-12(19-3)16-10(18-2)8-15-11/h4-8,17H,1-3H3. The van der Waals surface area contributed by atoms with E-state index in [0.29, 0.717) is 17.1 Å². The lowest BCUT2D eigenvalue weighted by Crippen LogP contribution is -2.25. The number of aliphatic hydroxyl groups is 1. The molecule has 1 atom stereocenters. The van der Waals surface area contributed by atoms with Crippen molar-refractivity contribution < 1.29 is 14.6 Å². The van der Waals surface area contributed by atoms with Gasteiger partial charge >= 0.3 is 0 Å². The zero-order valence-corrected chi connectivity index (χ0v) is 11.0. The summed E-state index contributed by atoms with van der Waals surface area (Å²) in [5, 5.41) is 10.7. The topological polar surface area (TPSA) is 77.4 Å². The maximum atomic E-state index is 10.7. The average Bonchev–Trinajstić information content (AvgIpc) is 2.47. The van der Waals surface area contributed by atoms with Crippen LogP contribution in [0, 0.1) is 0 Å². The molecule has 0 fully saturated rings. The van der Waals surface area contributed by atoms with Crippen molar-refractivity contribution in [2.45, 2.75) is 12.5 Å². The molecule has 2 rings (SSSR count). The molecule has 0 aromatic carbocycles. The Morgan fingerprint density at radius 2 is 2.00 bits per heavy atom. The van der Waals surface area contributed by atoms with E-state index in [4.69, 9.17) is 9.47 Å². The zero-order chi connectivity index (χ0) is 13.9. The van der Waals surface area contributed by atoms with E-state index < -0.39 is 5.60 Å². The van der Waals surface area contributed by atoms with Crippen LogP contribution in [0.2, 0.25) is 0 Å². The van der Waals surface area contributed by atoms with Crippen molar-refractivity contribution in [2.24, 2.45) is 0 Å². The van der Waals surface area contributed by atoms with Gasteiger partial charge in [0.2, 0.25) is 11.8 Å². The molecule has 2 aromatic rings. The number of hydrogen-bond donors (Lipinski definition) is 1. The van der Waals surface area contributed by atoms with Crippen LogP contribution in [0.3, 0.4) is 0 Å². The molecule has 1 unspecified atom stereocenters. The third-order valence-corrected chi connectivity index (χ3v) is 2.81. The number of ether oxygens (including phenoxy) is 2. The van der Waals surface area contributed by atoms with Crippen LogP contribution in [-0.2, 0) is 5.60 Å². The fourth-order valence-corrected chi connectivity index (χ4v) is 1.72. The van der Waals surface area contributed by atoms with Crippen LogP contribution in [0.25, 0.3) is 0 Å². The molecule has 0 saturated heterocycles. The Labute approximate surface area is 111 Å². The first-order chi connectivity index (χ1) is 9.09. The second-order valence-electron chi connectivity index (χ2n) is 4.08. The van der Waals surface area contributed by atoms with Gasteiger partial charge in [0.05, 0.1) is 20.4 Å². The van der Waals surface area contributed by atoms with Gasteiger partial charge in [-0.25, -0.2) is 4.98 Å². The number of methoxy groups -OCH3 is 2. The summed E-state index contributed by atoms with van der Waals surface area (Å²) in [4.78, 5) is 12.3. The van der Waals surface area contributed by atoms with Crippen LogP contribution in [0.5, 0.6) is 11.8 Å². The van der Waals surface area contributed by atoms with Gasteiger partial charge in [-0.3, -0.25) is 4.98 Å². The number of pyridine rings is 1. The van der Waals surface area contributed by atoms with Crippen molar-refractivity contribution in [1.82, 2.24) is 15.0 Å². The monoisotopic (exact) mass is 261 g/mol. The fraction of sp³-hybridized carbons (Fsp3) is 0.308. The van der Waals surface area contributed by atoms with Gasteiger partial charge < -0.3 is 14.6 Å². The smallest absolute Gasteiger partial charge is 0.242 e. The Hall–Kier alpha value is -2.21. The molecule has 6 nitrogen and oxygen atoms in total. The van der Waals surface area contributed by atoms with E-state index in [-0.39, 0.29) is 5.88 Å². The summed E-state index contributed by atoms with van der Waals surface area (Å²) in [5.74, 6) is 0.538. The lowest BCUT2D eigenvalue weighted by molar-refractivity contribution is 0.0923. The fourth-order valence-electron chi connectivity index (χ4n) is 1.72. The van der Waals surface area contributed by atoms with Crippen LogP contribution in [0.15, 0.2) is 30.7 Å². The predicted octanol–water partition coefficient (Wildman–Crippen LogP) is 1.14. The summed E-state index contributed by atoms with van der Waals surface area (Å²) in [7, 11) is 2.95. The molecular formula is C13H15N3O3. The highest BCUT2D eigenvalue weighted by Crippen LogP contribution is 2.32. The van der Waals surface area contributed by atoms with Crippen molar-refractivity contribution in [3.63, 3.8) is 0 Å². The molecular weight excluding hydrogens is 246 g/mol. The van der Waals surface area contributed by atoms with Crippen LogP contribution in [0.1, 0.15) is 18.2 Å². The second kappa shape index (κ2) is 5.19. The highest BCUT2D eigenvalue weighted by Gasteiger charge is 2.32. The molecule has 1 N–H and O–H groups in total. The van der Waals surface area contributed by atoms with E-state index in [2.05, 4.69) is 15.0 Å². The van der Waals surface area contributed by atoms with Gasteiger partial charge in [0.25, 0.3) is 0 Å². The third kappa shape index (κ3) is 2.48. The number of rotatable bonds is 4. The summed E-state index contributed by atoms with van der Waals surface area (Å²) >= 11 is 0. The molecule has 0 saturated carbocycles. The van der Waals surface area contributed by atoms with E-state index in [9.17, 15) is 5.11 Å². The Morgan fingerprint density at radius 3 is 2.58 bits per heavy atom. The van der Waals surface area contributed by atoms with Gasteiger partial charge in [-0.1, -0.05) is 6.07 Å². The van der Waals surface area contributed by atoms with Gasteiger partial charge in [0.15, 0.2) is 0 Å². The maximum Gasteiger partial charge on any atom is 0.242 e. The Kier molecular flexibility index (Phi) is 3.62. The molecule has 0 spiro atoms. The van der Waals surface area contributed by atoms with Crippen LogP contribution in [0.4, 0.5) is 0 Å². The molecule has 19 heavy (non-hydrogen) atoms. The van der Waals surface area contributed by atoms with E-state index in [1.165, 1.54) is 20.4 Å². The summed E-state index contributed by atoms with van der Waals surface area (Å²) in [5.41, 5.74) is -0.435. The summed E-state index contributed by atoms with van der Waals surface area (Å²) in [6, 6.07) is 3.51. The van der Waals surface area contributed by atoms with Crippen LogP contribution in [-0.4, -0.2) is 34.3 Å². The highest BCUT2D eigenvalue weighted by atomic mass is 16.5. The summed E-state index contributed by atoms with van der Waals surface area (Å²) < 4.78 is 10.1. The maximum absolute atomic E-state index is 10.7. The summed E-state index contributed by atoms with van der Waals surface area (Å²) in [6.45, 7) is 1.61. The minimum Gasteiger partial charge on any atom is -0.480 e. The normalized spacial score (nSPS) is 13.7. The first-order valence-corrected chi connectivity index (χ1v) is 5.68. The second-order valence-corrected chi connectivity index (χ2v) is 4.08. The number of nitrogens with zero attached hydrogens (tertiary/aromatic N) is 3. The molecule has 6 heteroatoms. The molecule has 2 heterocycles. The van der Waals surface area contributed by atoms with Gasteiger partial charge in [-0.05, 0) is 13.0 Å². The van der Waals surface area contributed by atoms with Crippen LogP contribution >= 0.6 is 0 Å². The molecule has 100 valence electrons. The molecule has 0 amide bonds. The number of aromatic nitrogens is 3. The van der Waals surface area contributed by atoms with E-state index >= 15 is 0 Å². The molecule has 0 aliphatic carbocycles. The van der Waals surface area contributed by atoms with Gasteiger partial charge in [0.1, 0.15) is 11.3 Å². The zero-order valence-electron chi connectivity index (χ0n) is 11.0. The van der Waals surface area contributed by atoms with E-state index in [1.807, 2.05) is 0 Å². The first kappa shape index (κ1) is 13.2. The molecule has 0 aliphatic rings. The van der Waals surface area contributed by atoms with Gasteiger partial charge in [-0.15, -0.1) is 0 Å². The first-order valence-electron chi connectivity index (χ1n) is 5.68. The molecule has 0 bridgehead atoms. The minimum atomic E-state index is -1.35. The molecule has 0 aliphatic heterocycles. The number of hydrogen-bond acceptors (Lipinski definition) is 6. The SMILES string of the molecule is COc1cnc(C(C)(O)c2cccnc2)c(OC)n1.